The Bertz CT molecular complexity index is 1210. The van der Waals surface area contributed by atoms with Gasteiger partial charge < -0.3 is 21.1 Å². The van der Waals surface area contributed by atoms with Crippen molar-refractivity contribution < 1.29 is 23.5 Å². The first kappa shape index (κ1) is 33.4. The molecule has 2 amide bonds. The molecule has 6 nitrogen and oxygen atoms in total. The predicted molar refractivity (Wildman–Crippen MR) is 162 cm³/mol. The van der Waals surface area contributed by atoms with Crippen molar-refractivity contribution in [1.82, 2.24) is 10.2 Å². The van der Waals surface area contributed by atoms with Gasteiger partial charge in [0, 0.05) is 25.2 Å². The zero-order chi connectivity index (χ0) is 30.9. The molecule has 0 heterocycles. The minimum absolute atomic E-state index is 0.139. The van der Waals surface area contributed by atoms with E-state index in [1.54, 1.807) is 11.0 Å². The van der Waals surface area contributed by atoms with Gasteiger partial charge in [0.05, 0.1) is 16.9 Å². The zero-order valence-corrected chi connectivity index (χ0v) is 25.5. The number of carbonyl (C=O) groups excluding carboxylic acids is 2. The molecule has 3 rings (SSSR count). The molecule has 2 aromatic carbocycles. The SMILES string of the molecule is CCCN(CCC)C(=O)C1(CCCN[C@H](CC)c2ccccc2)CC(C)=C[C@](Cc2cc(F)cc(F)c2)(C(N)=O)[C@@H]1O. The van der Waals surface area contributed by atoms with Crippen LogP contribution in [0.4, 0.5) is 8.78 Å². The molecule has 0 fully saturated rings. The van der Waals surface area contributed by atoms with Crippen LogP contribution in [0.15, 0.2) is 60.2 Å². The number of benzene rings is 2. The fraction of sp³-hybridized carbons (Fsp3) is 0.529. The molecule has 0 saturated carbocycles. The molecule has 0 spiro atoms. The highest BCUT2D eigenvalue weighted by atomic mass is 19.1. The number of rotatable bonds is 15. The molecule has 42 heavy (non-hydrogen) atoms. The highest BCUT2D eigenvalue weighted by molar-refractivity contribution is 5.90. The van der Waals surface area contributed by atoms with Crippen LogP contribution in [0.25, 0.3) is 0 Å². The van der Waals surface area contributed by atoms with Crippen LogP contribution < -0.4 is 11.1 Å². The van der Waals surface area contributed by atoms with E-state index in [0.717, 1.165) is 43.0 Å². The highest BCUT2D eigenvalue weighted by Crippen LogP contribution is 2.51. The fourth-order valence-electron chi connectivity index (χ4n) is 6.71. The summed E-state index contributed by atoms with van der Waals surface area (Å²) in [6.45, 7) is 9.56. The lowest BCUT2D eigenvalue weighted by molar-refractivity contribution is -0.162. The number of halogens is 2. The first-order chi connectivity index (χ1) is 20.0. The topological polar surface area (TPSA) is 95.7 Å². The molecule has 0 aromatic heterocycles. The van der Waals surface area contributed by atoms with E-state index in [9.17, 15) is 23.5 Å². The van der Waals surface area contributed by atoms with Crippen molar-refractivity contribution in [2.45, 2.75) is 84.8 Å². The van der Waals surface area contributed by atoms with Crippen molar-refractivity contribution in [2.75, 3.05) is 19.6 Å². The summed E-state index contributed by atoms with van der Waals surface area (Å²) in [6, 6.07) is 13.3. The van der Waals surface area contributed by atoms with Crippen molar-refractivity contribution in [2.24, 2.45) is 16.6 Å². The molecule has 8 heteroatoms. The van der Waals surface area contributed by atoms with Gasteiger partial charge >= 0.3 is 0 Å². The molecular formula is C34H47F2N3O3. The molecular weight excluding hydrogens is 536 g/mol. The van der Waals surface area contributed by atoms with Crippen LogP contribution >= 0.6 is 0 Å². The van der Waals surface area contributed by atoms with E-state index < -0.39 is 34.5 Å². The lowest BCUT2D eigenvalue weighted by Gasteiger charge is -2.50. The normalized spacial score (nSPS) is 22.8. The number of aliphatic hydroxyl groups excluding tert-OH is 1. The van der Waals surface area contributed by atoms with Crippen LogP contribution in [0, 0.1) is 22.5 Å². The van der Waals surface area contributed by atoms with E-state index in [0.29, 0.717) is 32.5 Å². The Morgan fingerprint density at radius 2 is 1.69 bits per heavy atom. The third-order valence-corrected chi connectivity index (χ3v) is 8.49. The van der Waals surface area contributed by atoms with Crippen molar-refractivity contribution in [1.29, 1.82) is 0 Å². The second-order valence-electron chi connectivity index (χ2n) is 11.8. The van der Waals surface area contributed by atoms with Gasteiger partial charge in [-0.1, -0.05) is 62.8 Å². The maximum Gasteiger partial charge on any atom is 0.231 e. The Morgan fingerprint density at radius 1 is 1.07 bits per heavy atom. The van der Waals surface area contributed by atoms with Crippen molar-refractivity contribution in [3.8, 4) is 0 Å². The molecule has 230 valence electrons. The fourth-order valence-corrected chi connectivity index (χ4v) is 6.71. The largest absolute Gasteiger partial charge is 0.391 e. The second-order valence-corrected chi connectivity index (χ2v) is 11.8. The Balaban J connectivity index is 2.01. The standard InChI is InChI=1S/C34H47F2N3O3/c1-5-16-39(17-6-2)32(42)33(14-11-15-38-29(7-3)26-12-9-8-10-13-26)21-24(4)22-34(30(33)40,31(37)41)23-25-18-27(35)20-28(36)19-25/h8-10,12-13,18-20,22,29-30,38,40H,5-7,11,14-17,21,23H2,1-4H3,(H2,37,41)/t29-,30-,33?,34-/m1/s1. The summed E-state index contributed by atoms with van der Waals surface area (Å²) in [5.41, 5.74) is 5.05. The van der Waals surface area contributed by atoms with E-state index in [1.165, 1.54) is 5.56 Å². The Labute approximate surface area is 249 Å². The third kappa shape index (κ3) is 7.45. The van der Waals surface area contributed by atoms with Gasteiger partial charge in [-0.25, -0.2) is 8.78 Å². The van der Waals surface area contributed by atoms with Crippen molar-refractivity contribution >= 4 is 11.8 Å². The molecule has 1 unspecified atom stereocenters. The van der Waals surface area contributed by atoms with Gasteiger partial charge in [0.2, 0.25) is 11.8 Å². The number of allylic oxidation sites excluding steroid dienone is 1. The summed E-state index contributed by atoms with van der Waals surface area (Å²) in [6.07, 6.45) is 3.41. The molecule has 4 N–H and O–H groups in total. The average Bonchev–Trinajstić information content (AvgIpc) is 2.94. The Kier molecular flexibility index (Phi) is 11.8. The number of primary amides is 1. The van der Waals surface area contributed by atoms with Gasteiger partial charge in [0.15, 0.2) is 0 Å². The van der Waals surface area contributed by atoms with Gasteiger partial charge in [-0.3, -0.25) is 9.59 Å². The lowest BCUT2D eigenvalue weighted by Crippen LogP contribution is -2.62. The number of nitrogens with two attached hydrogens (primary N) is 1. The summed E-state index contributed by atoms with van der Waals surface area (Å²) < 4.78 is 28.3. The number of amides is 2. The van der Waals surface area contributed by atoms with E-state index >= 15 is 0 Å². The third-order valence-electron chi connectivity index (χ3n) is 8.49. The van der Waals surface area contributed by atoms with Crippen LogP contribution in [-0.2, 0) is 16.0 Å². The number of carbonyl (C=O) groups is 2. The second kappa shape index (κ2) is 14.9. The van der Waals surface area contributed by atoms with E-state index in [1.807, 2.05) is 39.0 Å². The minimum Gasteiger partial charge on any atom is -0.391 e. The first-order valence-electron chi connectivity index (χ1n) is 15.2. The highest BCUT2D eigenvalue weighted by Gasteiger charge is 2.59. The smallest absolute Gasteiger partial charge is 0.231 e. The molecule has 0 saturated heterocycles. The molecule has 1 aliphatic carbocycles. The van der Waals surface area contributed by atoms with Gasteiger partial charge in [0.1, 0.15) is 11.6 Å². The summed E-state index contributed by atoms with van der Waals surface area (Å²) in [7, 11) is 0. The molecule has 0 radical (unpaired) electrons. The molecule has 0 aliphatic heterocycles. The number of hydrogen-bond acceptors (Lipinski definition) is 4. The Morgan fingerprint density at radius 3 is 2.24 bits per heavy atom. The van der Waals surface area contributed by atoms with Crippen molar-refractivity contribution in [3.05, 3.63) is 82.9 Å². The van der Waals surface area contributed by atoms with Gasteiger partial charge in [0.25, 0.3) is 0 Å². The summed E-state index contributed by atoms with van der Waals surface area (Å²) in [5, 5.41) is 15.8. The molecule has 0 bridgehead atoms. The maximum absolute atomic E-state index is 14.5. The molecule has 4 atom stereocenters. The molecule has 1 aliphatic rings. The van der Waals surface area contributed by atoms with Crippen LogP contribution in [0.3, 0.4) is 0 Å². The van der Waals surface area contributed by atoms with Crippen molar-refractivity contribution in [3.63, 3.8) is 0 Å². The maximum atomic E-state index is 14.5. The lowest BCUT2D eigenvalue weighted by atomic mass is 9.57. The summed E-state index contributed by atoms with van der Waals surface area (Å²) in [5.74, 6) is -2.62. The predicted octanol–water partition coefficient (Wildman–Crippen LogP) is 5.85. The van der Waals surface area contributed by atoms with E-state index in [-0.39, 0.29) is 30.4 Å². The number of nitrogens with zero attached hydrogens (tertiary/aromatic N) is 1. The minimum atomic E-state index is -1.72. The van der Waals surface area contributed by atoms with Crippen LogP contribution in [0.5, 0.6) is 0 Å². The molecule has 2 aromatic rings. The quantitative estimate of drug-likeness (QED) is 0.181. The van der Waals surface area contributed by atoms with Gasteiger partial charge in [-0.2, -0.15) is 0 Å². The zero-order valence-electron chi connectivity index (χ0n) is 25.5. The van der Waals surface area contributed by atoms with Gasteiger partial charge in [-0.15, -0.1) is 0 Å². The Hall–Kier alpha value is -3.10. The number of nitrogens with one attached hydrogen (secondary N) is 1. The number of hydrogen-bond donors (Lipinski definition) is 3. The van der Waals surface area contributed by atoms with Crippen LogP contribution in [-0.4, -0.2) is 47.6 Å². The first-order valence-corrected chi connectivity index (χ1v) is 15.2. The van der Waals surface area contributed by atoms with E-state index in [2.05, 4.69) is 24.4 Å². The van der Waals surface area contributed by atoms with Crippen LogP contribution in [0.1, 0.15) is 83.4 Å². The monoisotopic (exact) mass is 583 g/mol. The number of aliphatic hydroxyl groups is 1. The average molecular weight is 584 g/mol. The van der Waals surface area contributed by atoms with Crippen LogP contribution in [0.2, 0.25) is 0 Å². The van der Waals surface area contributed by atoms with E-state index in [4.69, 9.17) is 5.73 Å². The summed E-state index contributed by atoms with van der Waals surface area (Å²) >= 11 is 0. The summed E-state index contributed by atoms with van der Waals surface area (Å²) in [4.78, 5) is 29.5. The van der Waals surface area contributed by atoms with Gasteiger partial charge in [-0.05, 0) is 81.7 Å².